The summed E-state index contributed by atoms with van der Waals surface area (Å²) in [6.07, 6.45) is 0.0454. The Kier molecular flexibility index (Phi) is 8.87. The monoisotopic (exact) mass is 412 g/mol. The Morgan fingerprint density at radius 2 is 1.63 bits per heavy atom. The Labute approximate surface area is 177 Å². The fraction of sp³-hybridized carbons (Fsp3) is 0.348. The lowest BCUT2D eigenvalue weighted by molar-refractivity contribution is -0.147. The standard InChI is InChI=1S/C23H28N2O5/c1-4-25(5-2)23(28)18-10-12-19(13-11-18)24-21(26)16-30-22(27)14-15-29-20-9-7-6-8-17(20)3/h6-13H,4-5,14-16H2,1-3H3,(H,24,26). The molecule has 30 heavy (non-hydrogen) atoms. The van der Waals surface area contributed by atoms with Crippen LogP contribution in [0.3, 0.4) is 0 Å². The van der Waals surface area contributed by atoms with Gasteiger partial charge in [0, 0.05) is 24.3 Å². The zero-order valence-electron chi connectivity index (χ0n) is 17.6. The van der Waals surface area contributed by atoms with E-state index in [2.05, 4.69) is 5.32 Å². The zero-order valence-corrected chi connectivity index (χ0v) is 17.6. The highest BCUT2D eigenvalue weighted by Gasteiger charge is 2.13. The molecule has 2 aromatic carbocycles. The van der Waals surface area contributed by atoms with Crippen molar-refractivity contribution in [1.29, 1.82) is 0 Å². The van der Waals surface area contributed by atoms with E-state index in [0.717, 1.165) is 5.56 Å². The Morgan fingerprint density at radius 1 is 0.967 bits per heavy atom. The van der Waals surface area contributed by atoms with E-state index in [4.69, 9.17) is 9.47 Å². The van der Waals surface area contributed by atoms with Crippen molar-refractivity contribution >= 4 is 23.5 Å². The highest BCUT2D eigenvalue weighted by Crippen LogP contribution is 2.16. The van der Waals surface area contributed by atoms with E-state index < -0.39 is 11.9 Å². The number of rotatable bonds is 10. The van der Waals surface area contributed by atoms with Crippen molar-refractivity contribution in [2.75, 3.05) is 31.6 Å². The second kappa shape index (κ2) is 11.6. The predicted molar refractivity (Wildman–Crippen MR) is 115 cm³/mol. The number of nitrogens with one attached hydrogen (secondary N) is 1. The number of benzene rings is 2. The number of esters is 1. The van der Waals surface area contributed by atoms with Gasteiger partial charge in [0.25, 0.3) is 11.8 Å². The van der Waals surface area contributed by atoms with Crippen molar-refractivity contribution < 1.29 is 23.9 Å². The van der Waals surface area contributed by atoms with E-state index in [0.29, 0.717) is 30.1 Å². The molecule has 0 unspecified atom stereocenters. The van der Waals surface area contributed by atoms with Gasteiger partial charge in [-0.1, -0.05) is 18.2 Å². The third-order valence-corrected chi connectivity index (χ3v) is 4.49. The Bertz CT molecular complexity index is 860. The molecule has 0 aliphatic heterocycles. The molecule has 1 N–H and O–H groups in total. The molecule has 0 aromatic heterocycles. The van der Waals surface area contributed by atoms with Crippen LogP contribution in [0.1, 0.15) is 36.2 Å². The zero-order chi connectivity index (χ0) is 21.9. The number of ether oxygens (including phenoxy) is 2. The summed E-state index contributed by atoms with van der Waals surface area (Å²) in [5.41, 5.74) is 2.06. The molecule has 0 bridgehead atoms. The first-order valence-corrected chi connectivity index (χ1v) is 9.97. The first kappa shape index (κ1) is 22.9. The van der Waals surface area contributed by atoms with Crippen LogP contribution in [0.2, 0.25) is 0 Å². The van der Waals surface area contributed by atoms with Gasteiger partial charge in [-0.25, -0.2) is 0 Å². The fourth-order valence-electron chi connectivity index (χ4n) is 2.77. The fourth-order valence-corrected chi connectivity index (χ4v) is 2.77. The molecule has 0 saturated heterocycles. The minimum Gasteiger partial charge on any atom is -0.493 e. The van der Waals surface area contributed by atoms with Crippen LogP contribution in [-0.4, -0.2) is 49.0 Å². The molecule has 0 spiro atoms. The van der Waals surface area contributed by atoms with E-state index in [1.54, 1.807) is 29.2 Å². The first-order valence-electron chi connectivity index (χ1n) is 9.97. The smallest absolute Gasteiger partial charge is 0.309 e. The van der Waals surface area contributed by atoms with Gasteiger partial charge in [0.2, 0.25) is 0 Å². The molecule has 0 radical (unpaired) electrons. The summed E-state index contributed by atoms with van der Waals surface area (Å²) in [5.74, 6) is -0.310. The van der Waals surface area contributed by atoms with Crippen LogP contribution in [0.5, 0.6) is 5.75 Å². The van der Waals surface area contributed by atoms with E-state index in [1.165, 1.54) is 0 Å². The molecule has 7 nitrogen and oxygen atoms in total. The maximum absolute atomic E-state index is 12.3. The molecular weight excluding hydrogens is 384 g/mol. The summed E-state index contributed by atoms with van der Waals surface area (Å²) < 4.78 is 10.5. The lowest BCUT2D eigenvalue weighted by Crippen LogP contribution is -2.30. The molecule has 0 heterocycles. The number of carbonyl (C=O) groups excluding carboxylic acids is 3. The summed E-state index contributed by atoms with van der Waals surface area (Å²) in [6, 6.07) is 14.1. The lowest BCUT2D eigenvalue weighted by Gasteiger charge is -2.18. The topological polar surface area (TPSA) is 84.9 Å². The largest absolute Gasteiger partial charge is 0.493 e. The van der Waals surface area contributed by atoms with E-state index >= 15 is 0 Å². The number of anilines is 1. The lowest BCUT2D eigenvalue weighted by atomic mass is 10.2. The van der Waals surface area contributed by atoms with Crippen molar-refractivity contribution in [3.8, 4) is 5.75 Å². The normalized spacial score (nSPS) is 10.2. The second-order valence-corrected chi connectivity index (χ2v) is 6.63. The van der Waals surface area contributed by atoms with Crippen LogP contribution < -0.4 is 10.1 Å². The number of carbonyl (C=O) groups is 3. The highest BCUT2D eigenvalue weighted by atomic mass is 16.5. The summed E-state index contributed by atoms with van der Waals surface area (Å²) in [5, 5.41) is 2.64. The Morgan fingerprint density at radius 3 is 2.27 bits per heavy atom. The average Bonchev–Trinajstić information content (AvgIpc) is 2.75. The number of hydrogen-bond acceptors (Lipinski definition) is 5. The van der Waals surface area contributed by atoms with Crippen LogP contribution in [0.25, 0.3) is 0 Å². The van der Waals surface area contributed by atoms with Crippen molar-refractivity contribution in [1.82, 2.24) is 4.90 Å². The summed E-state index contributed by atoms with van der Waals surface area (Å²) in [4.78, 5) is 37.8. The van der Waals surface area contributed by atoms with Gasteiger partial charge in [0.15, 0.2) is 6.61 Å². The van der Waals surface area contributed by atoms with Crippen molar-refractivity contribution in [3.05, 3.63) is 59.7 Å². The third kappa shape index (κ3) is 6.92. The van der Waals surface area contributed by atoms with E-state index in [1.807, 2.05) is 45.0 Å². The highest BCUT2D eigenvalue weighted by molar-refractivity contribution is 5.96. The molecule has 0 fully saturated rings. The van der Waals surface area contributed by atoms with Gasteiger partial charge in [0.05, 0.1) is 13.0 Å². The number of nitrogens with zero attached hydrogens (tertiary/aromatic N) is 1. The predicted octanol–water partition coefficient (Wildman–Crippen LogP) is 3.43. The Hall–Kier alpha value is -3.35. The molecule has 2 aromatic rings. The molecule has 0 aliphatic carbocycles. The Balaban J connectivity index is 1.73. The molecule has 7 heteroatoms. The van der Waals surface area contributed by atoms with Gasteiger partial charge in [-0.3, -0.25) is 14.4 Å². The van der Waals surface area contributed by atoms with E-state index in [9.17, 15) is 14.4 Å². The van der Waals surface area contributed by atoms with Crippen LogP contribution in [0.15, 0.2) is 48.5 Å². The van der Waals surface area contributed by atoms with E-state index in [-0.39, 0.29) is 25.5 Å². The van der Waals surface area contributed by atoms with Crippen LogP contribution in [0.4, 0.5) is 5.69 Å². The second-order valence-electron chi connectivity index (χ2n) is 6.63. The average molecular weight is 412 g/mol. The van der Waals surface area contributed by atoms with Crippen molar-refractivity contribution in [2.24, 2.45) is 0 Å². The maximum Gasteiger partial charge on any atom is 0.309 e. The molecular formula is C23H28N2O5. The van der Waals surface area contributed by atoms with Gasteiger partial charge in [0.1, 0.15) is 5.75 Å². The molecule has 0 aliphatic rings. The summed E-state index contributed by atoms with van der Waals surface area (Å²) >= 11 is 0. The van der Waals surface area contributed by atoms with Gasteiger partial charge >= 0.3 is 5.97 Å². The maximum atomic E-state index is 12.3. The van der Waals surface area contributed by atoms with Crippen LogP contribution in [0, 0.1) is 6.92 Å². The number of aryl methyl sites for hydroxylation is 1. The van der Waals surface area contributed by atoms with Crippen LogP contribution in [-0.2, 0) is 14.3 Å². The van der Waals surface area contributed by atoms with Gasteiger partial charge in [-0.05, 0) is 56.7 Å². The van der Waals surface area contributed by atoms with Crippen LogP contribution >= 0.6 is 0 Å². The number of hydrogen-bond donors (Lipinski definition) is 1. The minimum absolute atomic E-state index is 0.0454. The van der Waals surface area contributed by atoms with Crippen molar-refractivity contribution in [3.63, 3.8) is 0 Å². The molecule has 160 valence electrons. The number of amides is 2. The molecule has 2 rings (SSSR count). The SMILES string of the molecule is CCN(CC)C(=O)c1ccc(NC(=O)COC(=O)CCOc2ccccc2C)cc1. The number of para-hydroxylation sites is 1. The summed E-state index contributed by atoms with van der Waals surface area (Å²) in [6.45, 7) is 6.82. The summed E-state index contributed by atoms with van der Waals surface area (Å²) in [7, 11) is 0. The third-order valence-electron chi connectivity index (χ3n) is 4.49. The minimum atomic E-state index is -0.515. The van der Waals surface area contributed by atoms with Crippen molar-refractivity contribution in [2.45, 2.75) is 27.2 Å². The van der Waals surface area contributed by atoms with Gasteiger partial charge in [-0.15, -0.1) is 0 Å². The molecule has 2 amide bonds. The first-order chi connectivity index (χ1) is 14.4. The quantitative estimate of drug-likeness (QED) is 0.605. The molecule has 0 saturated carbocycles. The van der Waals surface area contributed by atoms with Gasteiger partial charge in [-0.2, -0.15) is 0 Å². The van der Waals surface area contributed by atoms with Gasteiger partial charge < -0.3 is 19.7 Å². The molecule has 0 atom stereocenters.